The summed E-state index contributed by atoms with van der Waals surface area (Å²) in [6, 6.07) is 18.3. The number of amides is 3. The minimum Gasteiger partial charge on any atom is -0.445 e. The molecule has 0 saturated heterocycles. The fourth-order valence-electron chi connectivity index (χ4n) is 3.30. The van der Waals surface area contributed by atoms with Gasteiger partial charge in [-0.15, -0.1) is 0 Å². The van der Waals surface area contributed by atoms with Crippen LogP contribution in [0.1, 0.15) is 56.6 Å². The number of alkyl carbamates (subject to hydrolysis) is 1. The van der Waals surface area contributed by atoms with Crippen LogP contribution in [-0.2, 0) is 27.5 Å². The lowest BCUT2D eigenvalue weighted by atomic mass is 10.1. The summed E-state index contributed by atoms with van der Waals surface area (Å²) in [5.74, 6) is -0.658. The quantitative estimate of drug-likeness (QED) is 0.376. The highest BCUT2D eigenvalue weighted by atomic mass is 16.5. The Balaban J connectivity index is 1.79. The average Bonchev–Trinajstić information content (AvgIpc) is 2.85. The van der Waals surface area contributed by atoms with E-state index in [1.807, 2.05) is 60.7 Å². The molecule has 33 heavy (non-hydrogen) atoms. The first-order valence-electron chi connectivity index (χ1n) is 11.6. The lowest BCUT2D eigenvalue weighted by Crippen LogP contribution is -2.49. The molecule has 2 rings (SSSR count). The van der Waals surface area contributed by atoms with E-state index in [4.69, 9.17) is 4.74 Å². The van der Waals surface area contributed by atoms with Crippen molar-refractivity contribution < 1.29 is 19.1 Å². The summed E-state index contributed by atoms with van der Waals surface area (Å²) in [6.07, 6.45) is 5.13. The van der Waals surface area contributed by atoms with E-state index in [0.29, 0.717) is 13.0 Å². The Morgan fingerprint density at radius 1 is 0.818 bits per heavy atom. The van der Waals surface area contributed by atoms with Crippen LogP contribution in [0.2, 0.25) is 0 Å². The maximum absolute atomic E-state index is 12.7. The predicted molar refractivity (Wildman–Crippen MR) is 128 cm³/mol. The van der Waals surface area contributed by atoms with Crippen LogP contribution >= 0.6 is 0 Å². The minimum atomic E-state index is -0.682. The fraction of sp³-hybridized carbons (Fsp3) is 0.423. The van der Waals surface area contributed by atoms with E-state index in [1.165, 1.54) is 0 Å². The normalized spacial score (nSPS) is 11.3. The standard InChI is InChI=1S/C26H35N3O4/c1-2-3-4-5-12-17-23(25(31)27-18-21-13-8-6-9-14-21)29-24(30)19-28-26(32)33-20-22-15-10-7-11-16-22/h6-11,13-16,23H,2-5,12,17-20H2,1H3,(H,27,31)(H,28,32)(H,29,30). The lowest BCUT2D eigenvalue weighted by molar-refractivity contribution is -0.128. The minimum absolute atomic E-state index is 0.122. The van der Waals surface area contributed by atoms with Crippen LogP contribution in [0, 0.1) is 0 Å². The maximum Gasteiger partial charge on any atom is 0.407 e. The van der Waals surface area contributed by atoms with Crippen LogP contribution in [0.5, 0.6) is 0 Å². The van der Waals surface area contributed by atoms with Crippen LogP contribution in [0.3, 0.4) is 0 Å². The number of ether oxygens (including phenoxy) is 1. The van der Waals surface area contributed by atoms with Crippen LogP contribution in [0.15, 0.2) is 60.7 Å². The Bertz CT molecular complexity index is 843. The zero-order valence-corrected chi connectivity index (χ0v) is 19.3. The Kier molecular flexibility index (Phi) is 12.1. The second-order valence-corrected chi connectivity index (χ2v) is 7.94. The molecular weight excluding hydrogens is 418 g/mol. The molecule has 0 radical (unpaired) electrons. The molecule has 7 heteroatoms. The molecule has 0 aliphatic heterocycles. The topological polar surface area (TPSA) is 96.5 Å². The van der Waals surface area contributed by atoms with Crippen molar-refractivity contribution in [2.24, 2.45) is 0 Å². The number of carbonyl (C=O) groups excluding carboxylic acids is 3. The van der Waals surface area contributed by atoms with Gasteiger partial charge in [-0.25, -0.2) is 4.79 Å². The largest absolute Gasteiger partial charge is 0.445 e. The monoisotopic (exact) mass is 453 g/mol. The Morgan fingerprint density at radius 2 is 1.45 bits per heavy atom. The van der Waals surface area contributed by atoms with Crippen LogP contribution < -0.4 is 16.0 Å². The molecule has 7 nitrogen and oxygen atoms in total. The van der Waals surface area contributed by atoms with Gasteiger partial charge in [0.05, 0.1) is 0 Å². The second-order valence-electron chi connectivity index (χ2n) is 7.94. The van der Waals surface area contributed by atoms with Crippen molar-refractivity contribution in [2.45, 2.75) is 64.6 Å². The highest BCUT2D eigenvalue weighted by molar-refractivity contribution is 5.89. The lowest BCUT2D eigenvalue weighted by Gasteiger charge is -2.19. The van der Waals surface area contributed by atoms with E-state index in [-0.39, 0.29) is 19.1 Å². The van der Waals surface area contributed by atoms with Gasteiger partial charge in [0.15, 0.2) is 0 Å². The van der Waals surface area contributed by atoms with Crippen molar-refractivity contribution >= 4 is 17.9 Å². The van der Waals surface area contributed by atoms with Crippen molar-refractivity contribution in [3.8, 4) is 0 Å². The molecular formula is C26H35N3O4. The van der Waals surface area contributed by atoms with Gasteiger partial charge in [-0.3, -0.25) is 9.59 Å². The number of nitrogens with one attached hydrogen (secondary N) is 3. The van der Waals surface area contributed by atoms with Crippen molar-refractivity contribution in [2.75, 3.05) is 6.54 Å². The van der Waals surface area contributed by atoms with Crippen LogP contribution in [0.25, 0.3) is 0 Å². The molecule has 0 heterocycles. The Hall–Kier alpha value is -3.35. The Labute approximate surface area is 196 Å². The van der Waals surface area contributed by atoms with E-state index in [0.717, 1.165) is 43.2 Å². The highest BCUT2D eigenvalue weighted by Gasteiger charge is 2.20. The Morgan fingerprint density at radius 3 is 2.12 bits per heavy atom. The van der Waals surface area contributed by atoms with E-state index in [1.54, 1.807) is 0 Å². The molecule has 3 amide bonds. The molecule has 1 atom stereocenters. The number of hydrogen-bond donors (Lipinski definition) is 3. The second kappa shape index (κ2) is 15.5. The van der Waals surface area contributed by atoms with Gasteiger partial charge in [0.1, 0.15) is 19.2 Å². The van der Waals surface area contributed by atoms with Crippen molar-refractivity contribution in [3.05, 3.63) is 71.8 Å². The number of benzene rings is 2. The van der Waals surface area contributed by atoms with Crippen LogP contribution in [0.4, 0.5) is 4.79 Å². The first-order valence-corrected chi connectivity index (χ1v) is 11.6. The molecule has 0 fully saturated rings. The van der Waals surface area contributed by atoms with E-state index in [2.05, 4.69) is 22.9 Å². The van der Waals surface area contributed by atoms with Gasteiger partial charge in [-0.2, -0.15) is 0 Å². The molecule has 0 aliphatic carbocycles. The zero-order chi connectivity index (χ0) is 23.7. The smallest absolute Gasteiger partial charge is 0.407 e. The summed E-state index contributed by atoms with van der Waals surface area (Å²) in [4.78, 5) is 37.0. The van der Waals surface area contributed by atoms with E-state index >= 15 is 0 Å². The molecule has 0 spiro atoms. The summed E-state index contributed by atoms with van der Waals surface area (Å²) in [5.41, 5.74) is 1.84. The molecule has 2 aromatic carbocycles. The summed E-state index contributed by atoms with van der Waals surface area (Å²) < 4.78 is 5.11. The number of carbonyl (C=O) groups is 3. The zero-order valence-electron chi connectivity index (χ0n) is 19.3. The number of rotatable bonds is 14. The molecule has 0 aromatic heterocycles. The van der Waals surface area contributed by atoms with Crippen LogP contribution in [-0.4, -0.2) is 30.5 Å². The molecule has 0 aliphatic rings. The van der Waals surface area contributed by atoms with Gasteiger partial charge in [-0.05, 0) is 17.5 Å². The molecule has 0 bridgehead atoms. The first-order chi connectivity index (χ1) is 16.1. The summed E-state index contributed by atoms with van der Waals surface area (Å²) >= 11 is 0. The first kappa shape index (κ1) is 25.9. The molecule has 3 N–H and O–H groups in total. The average molecular weight is 454 g/mol. The van der Waals surface area contributed by atoms with Gasteiger partial charge in [0.2, 0.25) is 11.8 Å². The summed E-state index contributed by atoms with van der Waals surface area (Å²) in [7, 11) is 0. The van der Waals surface area contributed by atoms with Gasteiger partial charge in [0.25, 0.3) is 0 Å². The number of unbranched alkanes of at least 4 members (excludes halogenated alkanes) is 4. The number of hydrogen-bond acceptors (Lipinski definition) is 4. The summed E-state index contributed by atoms with van der Waals surface area (Å²) in [5, 5.41) is 8.08. The van der Waals surface area contributed by atoms with E-state index in [9.17, 15) is 14.4 Å². The summed E-state index contributed by atoms with van der Waals surface area (Å²) in [6.45, 7) is 2.41. The fourth-order valence-corrected chi connectivity index (χ4v) is 3.30. The third-order valence-electron chi connectivity index (χ3n) is 5.16. The maximum atomic E-state index is 12.7. The molecule has 0 saturated carbocycles. The van der Waals surface area contributed by atoms with Gasteiger partial charge < -0.3 is 20.7 Å². The highest BCUT2D eigenvalue weighted by Crippen LogP contribution is 2.08. The molecule has 2 aromatic rings. The van der Waals surface area contributed by atoms with Crippen molar-refractivity contribution in [3.63, 3.8) is 0 Å². The van der Waals surface area contributed by atoms with Gasteiger partial charge >= 0.3 is 6.09 Å². The SMILES string of the molecule is CCCCCCCC(NC(=O)CNC(=O)OCc1ccccc1)C(=O)NCc1ccccc1. The van der Waals surface area contributed by atoms with Gasteiger partial charge in [-0.1, -0.05) is 99.7 Å². The van der Waals surface area contributed by atoms with Crippen molar-refractivity contribution in [1.29, 1.82) is 0 Å². The third-order valence-corrected chi connectivity index (χ3v) is 5.16. The molecule has 178 valence electrons. The predicted octanol–water partition coefficient (Wildman–Crippen LogP) is 4.07. The van der Waals surface area contributed by atoms with Gasteiger partial charge in [0, 0.05) is 6.54 Å². The van der Waals surface area contributed by atoms with Crippen molar-refractivity contribution in [1.82, 2.24) is 16.0 Å². The third kappa shape index (κ3) is 11.2. The molecule has 1 unspecified atom stereocenters. The van der Waals surface area contributed by atoms with E-state index < -0.39 is 18.0 Å².